The van der Waals surface area contributed by atoms with E-state index in [4.69, 9.17) is 4.74 Å². The van der Waals surface area contributed by atoms with Crippen LogP contribution in [-0.2, 0) is 59.1 Å². The number of benzene rings is 1. The molecule has 0 radical (unpaired) electrons. The molecule has 0 bridgehead atoms. The fourth-order valence-electron chi connectivity index (χ4n) is 14.1. The Morgan fingerprint density at radius 1 is 0.268 bits per heavy atom. The summed E-state index contributed by atoms with van der Waals surface area (Å²) in [5, 5.41) is 8.74. The fraction of sp³-hybridized carbons (Fsp3) is 0.845. The molecular formula is C103H205N3O11S6. The monoisotopic (exact) mass is 1850 g/mol. The Bertz CT molecular complexity index is 2780. The van der Waals surface area contributed by atoms with Gasteiger partial charge in [0, 0.05) is 135 Å². The molecule has 3 N–H and O–H groups in total. The second-order valence-corrected chi connectivity index (χ2v) is 41.5. The van der Waals surface area contributed by atoms with E-state index >= 15 is 0 Å². The lowest BCUT2D eigenvalue weighted by molar-refractivity contribution is -0.131. The van der Waals surface area contributed by atoms with Gasteiger partial charge in [0.25, 0.3) is 0 Å². The molecule has 1 aromatic rings. The van der Waals surface area contributed by atoms with E-state index in [0.29, 0.717) is 151 Å². The average Bonchev–Trinajstić information content (AvgIpc) is 0.812. The van der Waals surface area contributed by atoms with Crippen LogP contribution < -0.4 is 16.0 Å². The van der Waals surface area contributed by atoms with E-state index in [1.54, 1.807) is 0 Å². The van der Waals surface area contributed by atoms with Gasteiger partial charge in [0.1, 0.15) is 40.5 Å². The third-order valence-corrected chi connectivity index (χ3v) is 20.5. The second-order valence-electron chi connectivity index (χ2n) is 41.5. The minimum absolute atomic E-state index is 0. The van der Waals surface area contributed by atoms with Crippen molar-refractivity contribution in [2.75, 3.05) is 31.6 Å². The Kier molecular flexibility index (Phi) is 99.0. The van der Waals surface area contributed by atoms with Crippen molar-refractivity contribution in [2.45, 2.75) is 397 Å². The van der Waals surface area contributed by atoms with Crippen LogP contribution >= 0.6 is 81.0 Å². The molecule has 0 spiro atoms. The molecule has 0 aliphatic heterocycles. The van der Waals surface area contributed by atoms with Crippen LogP contribution in [0.5, 0.6) is 0 Å². The van der Waals surface area contributed by atoms with Crippen molar-refractivity contribution in [3.05, 3.63) is 29.8 Å². The summed E-state index contributed by atoms with van der Waals surface area (Å²) in [6, 6.07) is 7.93. The van der Waals surface area contributed by atoms with Crippen LogP contribution in [0.15, 0.2) is 24.3 Å². The molecular weight excluding hydrogens is 1650 g/mol. The molecule has 6 atom stereocenters. The molecule has 0 heterocycles. The molecule has 0 saturated carbocycles. The first kappa shape index (κ1) is 143. The number of Topliss-reactive ketones (excluding diaryl/α,β-unsaturated/α-hetero) is 7. The molecule has 1 aromatic carbocycles. The lowest BCUT2D eigenvalue weighted by atomic mass is 9.84. The first-order valence-corrected chi connectivity index (χ1v) is 47.3. The van der Waals surface area contributed by atoms with Crippen LogP contribution in [0.1, 0.15) is 396 Å². The molecule has 0 saturated heterocycles. The van der Waals surface area contributed by atoms with Crippen LogP contribution in [0.2, 0.25) is 0 Å². The number of rotatable bonds is 57. The summed E-state index contributed by atoms with van der Waals surface area (Å²) in [5.41, 5.74) is 1.98. The first-order valence-electron chi connectivity index (χ1n) is 47.3. The fourth-order valence-corrected chi connectivity index (χ4v) is 14.1. The van der Waals surface area contributed by atoms with Crippen molar-refractivity contribution >= 4 is 145 Å². The quantitative estimate of drug-likeness (QED) is 0.0521. The van der Waals surface area contributed by atoms with Crippen molar-refractivity contribution in [3.63, 3.8) is 0 Å². The van der Waals surface area contributed by atoms with Crippen LogP contribution in [0.4, 0.5) is 5.69 Å². The van der Waals surface area contributed by atoms with Crippen LogP contribution in [0.25, 0.3) is 0 Å². The summed E-state index contributed by atoms with van der Waals surface area (Å²) in [5.74, 6) is 10.6. The van der Waals surface area contributed by atoms with E-state index in [9.17, 15) is 47.9 Å². The number of amides is 3. The third-order valence-electron chi connectivity index (χ3n) is 20.5. The topological polar surface area (TPSA) is 216 Å². The summed E-state index contributed by atoms with van der Waals surface area (Å²) in [6.45, 7) is 78.1. The Labute approximate surface area is 802 Å². The molecule has 123 heavy (non-hydrogen) atoms. The summed E-state index contributed by atoms with van der Waals surface area (Å²) >= 11 is 0. The number of hydrogen-bond donors (Lipinski definition) is 3. The number of nitrogens with one attached hydrogen (secondary N) is 3. The number of ether oxygens (including phenoxy) is 1. The molecule has 14 nitrogen and oxygen atoms in total. The zero-order chi connectivity index (χ0) is 91.5. The predicted octanol–water partition coefficient (Wildman–Crippen LogP) is 27.1. The number of unbranched alkanes of at least 4 members (excludes halogenated alkanes) is 2. The average molecular weight is 1850 g/mol. The van der Waals surface area contributed by atoms with E-state index in [1.165, 1.54) is 12.8 Å². The number of ketones is 7. The van der Waals surface area contributed by atoms with Crippen molar-refractivity contribution < 1.29 is 52.7 Å². The van der Waals surface area contributed by atoms with Gasteiger partial charge < -0.3 is 20.7 Å². The van der Waals surface area contributed by atoms with E-state index < -0.39 is 0 Å². The second kappa shape index (κ2) is 84.9. The predicted molar refractivity (Wildman–Crippen MR) is 563 cm³/mol. The van der Waals surface area contributed by atoms with Gasteiger partial charge in [0.05, 0.1) is 0 Å². The summed E-state index contributed by atoms with van der Waals surface area (Å²) < 4.78 is 5.58. The van der Waals surface area contributed by atoms with Gasteiger partial charge in [-0.3, -0.25) is 47.9 Å². The highest BCUT2D eigenvalue weighted by Crippen LogP contribution is 2.29. The lowest BCUT2D eigenvalue weighted by Gasteiger charge is -2.20. The first-order chi connectivity index (χ1) is 54.1. The molecule has 20 heteroatoms. The largest absolute Gasteiger partial charge is 0.381 e. The van der Waals surface area contributed by atoms with Crippen molar-refractivity contribution in [3.8, 4) is 0 Å². The maximum Gasteiger partial charge on any atom is 0.224 e. The Morgan fingerprint density at radius 3 is 0.927 bits per heavy atom. The number of carbonyl (C=O) groups excluding carboxylic acids is 10. The van der Waals surface area contributed by atoms with Gasteiger partial charge in [-0.2, -0.15) is 81.0 Å². The normalized spacial score (nSPS) is 12.6. The molecule has 734 valence electrons. The van der Waals surface area contributed by atoms with E-state index in [0.717, 1.165) is 133 Å². The molecule has 0 aromatic heterocycles. The number of carbonyl (C=O) groups is 10. The number of anilines is 1. The Balaban J connectivity index is -0.000000136. The summed E-state index contributed by atoms with van der Waals surface area (Å²) in [4.78, 5) is 120. The van der Waals surface area contributed by atoms with Gasteiger partial charge in [0.2, 0.25) is 17.7 Å². The van der Waals surface area contributed by atoms with Crippen LogP contribution in [-0.4, -0.2) is 84.5 Å². The molecule has 3 amide bonds. The van der Waals surface area contributed by atoms with Gasteiger partial charge in [-0.05, 0) is 179 Å². The van der Waals surface area contributed by atoms with Gasteiger partial charge in [-0.1, -0.05) is 287 Å². The maximum absolute atomic E-state index is 12.5. The van der Waals surface area contributed by atoms with Crippen molar-refractivity contribution in [1.29, 1.82) is 0 Å². The number of hydrogen-bond acceptors (Lipinski definition) is 11. The smallest absolute Gasteiger partial charge is 0.224 e. The zero-order valence-corrected chi connectivity index (χ0v) is 92.2. The standard InChI is InChI=1S/C22H35NO2.C20H38O2.C16H31NO2.C15H29NO2.C15H30O2.C15H30O.6H2S/c1-15(2)7-12-21(24)23-20-10-8-18(9-11-20)14-19(13-16(3)4)22(25)17(5)6;1-15(2)12-13-19(21)11-9-7-8-10-18(14-16(3)4)20(22)17(5)6;1-11(2)9-14(16(19)13(5)6)7-8-15(18)17-10-12(3)4;1-10(2)7-13(15(18)12(5)6)8-14(17)16-9-11(3)4;1-11(2)9-14(15(16)13(5)6)7-8-17-10-12(3)4;1-11(2)8-7-9-14(10-12(3)4)15(16)13(5)6;;;;;;/h8-11,15-17,19H,7,12-14H2,1-6H3,(H,23,24);15-18H,7-14H2,1-6H3;11-14H,7-10H2,1-6H3,(H,17,18);10-13H,7-9H2,1-6H3,(H,16,17);11-14H,7-10H2,1-6H3;11-14H,7-10H2,1-6H3;6*1H2/t19-;18-;14-;13-;2*14-;;;;;;/m011011....../s1. The van der Waals surface area contributed by atoms with Gasteiger partial charge in [-0.25, -0.2) is 0 Å². The molecule has 0 aliphatic carbocycles. The van der Waals surface area contributed by atoms with Crippen LogP contribution in [0, 0.1) is 142 Å². The molecule has 0 unspecified atom stereocenters. The summed E-state index contributed by atoms with van der Waals surface area (Å²) in [6.07, 6.45) is 20.4. The van der Waals surface area contributed by atoms with E-state index in [1.807, 2.05) is 107 Å². The van der Waals surface area contributed by atoms with Crippen molar-refractivity contribution in [1.82, 2.24) is 10.6 Å². The lowest BCUT2D eigenvalue weighted by Crippen LogP contribution is -2.32. The third kappa shape index (κ3) is 87.2. The minimum atomic E-state index is -0.128. The summed E-state index contributed by atoms with van der Waals surface area (Å²) in [7, 11) is 0. The highest BCUT2D eigenvalue weighted by molar-refractivity contribution is 7.60. The SMILES string of the molecule is CC(C)CCC(=O)CCCCC[C@H](CC(C)C)C(=O)C(C)C.CC(C)CCC(=O)Nc1ccc(C[C@H](CC(C)C)C(=O)C(C)C)cc1.CC(C)CCC[C@H](CC(C)C)C(=O)C(C)C.CC(C)CNC(=O)CC[C@H](CC(C)C)C(=O)C(C)C.CC(C)CNC(=O)C[C@H](CC(C)C)C(=O)C(C)C.CC(C)COCC[C@H](CC(C)C)C(=O)C(C)C.S.S.S.S.S.S. The highest BCUT2D eigenvalue weighted by Gasteiger charge is 2.29. The molecule has 0 aliphatic rings. The Morgan fingerprint density at radius 2 is 0.577 bits per heavy atom. The maximum atomic E-state index is 12.5. The van der Waals surface area contributed by atoms with E-state index in [2.05, 4.69) is 182 Å². The van der Waals surface area contributed by atoms with Gasteiger partial charge >= 0.3 is 0 Å². The van der Waals surface area contributed by atoms with Gasteiger partial charge in [-0.15, -0.1) is 0 Å². The van der Waals surface area contributed by atoms with Gasteiger partial charge in [0.15, 0.2) is 0 Å². The molecule has 1 rings (SSSR count). The van der Waals surface area contributed by atoms with E-state index in [-0.39, 0.29) is 170 Å². The van der Waals surface area contributed by atoms with Crippen LogP contribution in [0.3, 0.4) is 0 Å². The highest BCUT2D eigenvalue weighted by atomic mass is 32.1. The Hall–Kier alpha value is -2.62. The minimum Gasteiger partial charge on any atom is -0.381 e. The zero-order valence-electron chi connectivity index (χ0n) is 86.2. The molecule has 0 fully saturated rings. The van der Waals surface area contributed by atoms with Crippen molar-refractivity contribution in [2.24, 2.45) is 142 Å².